The molecular weight excluding hydrogens is 374 g/mol. The smallest absolute Gasteiger partial charge is 0.231 e. The lowest BCUT2D eigenvalue weighted by Crippen LogP contribution is -2.28. The van der Waals surface area contributed by atoms with Gasteiger partial charge >= 0.3 is 0 Å². The number of aryl methyl sites for hydroxylation is 2. The molecule has 0 bridgehead atoms. The Hall–Kier alpha value is -2.93. The number of fused-ring (bicyclic) bond motifs is 1. The number of nitrogens with zero attached hydrogens (tertiary/aromatic N) is 2. The molecule has 1 aliphatic heterocycles. The van der Waals surface area contributed by atoms with Gasteiger partial charge < -0.3 is 15.0 Å². The number of amides is 2. The van der Waals surface area contributed by atoms with E-state index in [2.05, 4.69) is 10.3 Å². The normalized spacial score (nSPS) is 16.6. The van der Waals surface area contributed by atoms with Crippen molar-refractivity contribution < 1.29 is 14.3 Å². The number of nitrogens with one attached hydrogen (secondary N) is 1. The van der Waals surface area contributed by atoms with Crippen LogP contribution in [0.15, 0.2) is 36.4 Å². The first-order valence-electron chi connectivity index (χ1n) is 9.07. The predicted octanol–water partition coefficient (Wildman–Crippen LogP) is 3.91. The van der Waals surface area contributed by atoms with Gasteiger partial charge in [0.15, 0.2) is 5.13 Å². The second-order valence-electron chi connectivity index (χ2n) is 7.02. The summed E-state index contributed by atoms with van der Waals surface area (Å²) < 4.78 is 6.16. The summed E-state index contributed by atoms with van der Waals surface area (Å²) in [7, 11) is 1.61. The standard InChI is InChI=1S/C21H21N3O3S/c1-12-4-5-15(8-13(12)2)24-11-14(9-19(24)25)20(26)23-21-22-17-7-6-16(27-3)10-18(17)28-21/h4-8,10,14H,9,11H2,1-3H3,(H,22,23,26). The molecule has 1 fully saturated rings. The SMILES string of the molecule is COc1ccc2nc(NC(=O)C3CC(=O)N(c4ccc(C)c(C)c4)C3)sc2c1. The summed E-state index contributed by atoms with van der Waals surface area (Å²) in [5.74, 6) is 0.151. The van der Waals surface area contributed by atoms with E-state index < -0.39 is 5.92 Å². The molecule has 0 spiro atoms. The number of benzene rings is 2. The van der Waals surface area contributed by atoms with Crippen molar-refractivity contribution >= 4 is 44.2 Å². The van der Waals surface area contributed by atoms with Crippen LogP contribution in [0.3, 0.4) is 0 Å². The summed E-state index contributed by atoms with van der Waals surface area (Å²) in [5, 5.41) is 3.41. The van der Waals surface area contributed by atoms with Crippen molar-refractivity contribution in [1.82, 2.24) is 4.98 Å². The minimum atomic E-state index is -0.393. The third kappa shape index (κ3) is 3.45. The molecule has 2 heterocycles. The van der Waals surface area contributed by atoms with Crippen LogP contribution in [-0.2, 0) is 9.59 Å². The average Bonchev–Trinajstić information content (AvgIpc) is 3.26. The maximum absolute atomic E-state index is 12.7. The number of anilines is 2. The quantitative estimate of drug-likeness (QED) is 0.727. The maximum Gasteiger partial charge on any atom is 0.231 e. The van der Waals surface area contributed by atoms with Crippen molar-refractivity contribution in [3.63, 3.8) is 0 Å². The Bertz CT molecular complexity index is 1080. The van der Waals surface area contributed by atoms with Gasteiger partial charge in [-0.15, -0.1) is 0 Å². The fraction of sp³-hybridized carbons (Fsp3) is 0.286. The van der Waals surface area contributed by atoms with E-state index in [0.29, 0.717) is 11.7 Å². The molecule has 4 rings (SSSR count). The molecule has 2 amide bonds. The Kier molecular flexibility index (Phi) is 4.77. The van der Waals surface area contributed by atoms with Gasteiger partial charge in [-0.2, -0.15) is 0 Å². The molecule has 1 unspecified atom stereocenters. The van der Waals surface area contributed by atoms with Crippen LogP contribution in [0, 0.1) is 19.8 Å². The lowest BCUT2D eigenvalue weighted by Gasteiger charge is -2.17. The minimum Gasteiger partial charge on any atom is -0.497 e. The average molecular weight is 395 g/mol. The highest BCUT2D eigenvalue weighted by atomic mass is 32.1. The van der Waals surface area contributed by atoms with Crippen LogP contribution in [0.5, 0.6) is 5.75 Å². The van der Waals surface area contributed by atoms with E-state index in [9.17, 15) is 9.59 Å². The third-order valence-electron chi connectivity index (χ3n) is 5.12. The summed E-state index contributed by atoms with van der Waals surface area (Å²) in [6, 6.07) is 11.5. The van der Waals surface area contributed by atoms with Crippen molar-refractivity contribution in [2.24, 2.45) is 5.92 Å². The molecule has 28 heavy (non-hydrogen) atoms. The fourth-order valence-corrected chi connectivity index (χ4v) is 4.22. The zero-order valence-electron chi connectivity index (χ0n) is 16.0. The molecular formula is C21H21N3O3S. The zero-order valence-corrected chi connectivity index (χ0v) is 16.8. The van der Waals surface area contributed by atoms with Crippen LogP contribution < -0.4 is 15.0 Å². The van der Waals surface area contributed by atoms with Crippen LogP contribution in [0.25, 0.3) is 10.2 Å². The molecule has 2 aromatic carbocycles. The molecule has 1 N–H and O–H groups in total. The van der Waals surface area contributed by atoms with E-state index in [1.165, 1.54) is 16.9 Å². The van der Waals surface area contributed by atoms with Crippen molar-refractivity contribution in [3.8, 4) is 5.75 Å². The Morgan fingerprint density at radius 1 is 1.21 bits per heavy atom. The lowest BCUT2D eigenvalue weighted by atomic mass is 10.1. The number of methoxy groups -OCH3 is 1. The summed E-state index contributed by atoms with van der Waals surface area (Å²) in [5.41, 5.74) is 3.95. The Labute approximate surface area is 167 Å². The van der Waals surface area contributed by atoms with Crippen molar-refractivity contribution in [2.45, 2.75) is 20.3 Å². The second kappa shape index (κ2) is 7.24. The topological polar surface area (TPSA) is 71.5 Å². The Morgan fingerprint density at radius 2 is 2.04 bits per heavy atom. The van der Waals surface area contributed by atoms with Crippen LogP contribution in [0.1, 0.15) is 17.5 Å². The molecule has 1 saturated heterocycles. The first-order chi connectivity index (χ1) is 13.4. The number of hydrogen-bond acceptors (Lipinski definition) is 5. The van der Waals surface area contributed by atoms with Gasteiger partial charge in [0.05, 0.1) is 23.2 Å². The number of hydrogen-bond donors (Lipinski definition) is 1. The molecule has 3 aromatic rings. The fourth-order valence-electron chi connectivity index (χ4n) is 3.32. The van der Waals surface area contributed by atoms with Gasteiger partial charge in [0.1, 0.15) is 5.75 Å². The lowest BCUT2D eigenvalue weighted by molar-refractivity contribution is -0.122. The molecule has 1 aliphatic rings. The van der Waals surface area contributed by atoms with E-state index >= 15 is 0 Å². The van der Waals surface area contributed by atoms with Crippen LogP contribution in [0.2, 0.25) is 0 Å². The van der Waals surface area contributed by atoms with E-state index in [-0.39, 0.29) is 18.2 Å². The summed E-state index contributed by atoms with van der Waals surface area (Å²) in [6.45, 7) is 4.44. The number of thiazole rings is 1. The summed E-state index contributed by atoms with van der Waals surface area (Å²) in [6.07, 6.45) is 0.206. The molecule has 1 atom stereocenters. The maximum atomic E-state index is 12.7. The Balaban J connectivity index is 1.48. The summed E-state index contributed by atoms with van der Waals surface area (Å²) in [4.78, 5) is 31.3. The predicted molar refractivity (Wildman–Crippen MR) is 111 cm³/mol. The van der Waals surface area contributed by atoms with Crippen LogP contribution >= 0.6 is 11.3 Å². The van der Waals surface area contributed by atoms with E-state index in [1.807, 2.05) is 50.2 Å². The third-order valence-corrected chi connectivity index (χ3v) is 6.06. The first-order valence-corrected chi connectivity index (χ1v) is 9.89. The highest BCUT2D eigenvalue weighted by Gasteiger charge is 2.35. The first kappa shape index (κ1) is 18.4. The molecule has 0 aliphatic carbocycles. The molecule has 144 valence electrons. The number of rotatable bonds is 4. The van der Waals surface area contributed by atoms with Gasteiger partial charge in [-0.05, 0) is 55.3 Å². The number of ether oxygens (including phenoxy) is 1. The van der Waals surface area contributed by atoms with E-state index in [4.69, 9.17) is 4.74 Å². The van der Waals surface area contributed by atoms with E-state index in [1.54, 1.807) is 12.0 Å². The molecule has 0 saturated carbocycles. The van der Waals surface area contributed by atoms with Gasteiger partial charge in [0.2, 0.25) is 11.8 Å². The van der Waals surface area contributed by atoms with Crippen LogP contribution in [-0.4, -0.2) is 30.5 Å². The highest BCUT2D eigenvalue weighted by molar-refractivity contribution is 7.22. The van der Waals surface area contributed by atoms with Gasteiger partial charge in [0, 0.05) is 18.7 Å². The van der Waals surface area contributed by atoms with E-state index in [0.717, 1.165) is 27.2 Å². The van der Waals surface area contributed by atoms with Crippen molar-refractivity contribution in [3.05, 3.63) is 47.5 Å². The summed E-state index contributed by atoms with van der Waals surface area (Å²) >= 11 is 1.39. The van der Waals surface area contributed by atoms with Gasteiger partial charge in [-0.3, -0.25) is 9.59 Å². The molecule has 7 heteroatoms. The number of aromatic nitrogens is 1. The van der Waals surface area contributed by atoms with Gasteiger partial charge in [-0.1, -0.05) is 17.4 Å². The molecule has 0 radical (unpaired) electrons. The van der Waals surface area contributed by atoms with Crippen molar-refractivity contribution in [1.29, 1.82) is 0 Å². The van der Waals surface area contributed by atoms with Gasteiger partial charge in [0.25, 0.3) is 0 Å². The number of carbonyl (C=O) groups excluding carboxylic acids is 2. The minimum absolute atomic E-state index is 0.0301. The molecule has 1 aromatic heterocycles. The largest absolute Gasteiger partial charge is 0.497 e. The van der Waals surface area contributed by atoms with Crippen LogP contribution in [0.4, 0.5) is 10.8 Å². The second-order valence-corrected chi connectivity index (χ2v) is 8.05. The number of carbonyl (C=O) groups is 2. The molecule has 6 nitrogen and oxygen atoms in total. The highest BCUT2D eigenvalue weighted by Crippen LogP contribution is 2.31. The zero-order chi connectivity index (χ0) is 19.8. The van der Waals surface area contributed by atoms with Crippen molar-refractivity contribution in [2.75, 3.05) is 23.9 Å². The monoisotopic (exact) mass is 395 g/mol. The van der Waals surface area contributed by atoms with Gasteiger partial charge in [-0.25, -0.2) is 4.98 Å². The Morgan fingerprint density at radius 3 is 2.79 bits per heavy atom.